The average molecular weight is 358 g/mol. The third kappa shape index (κ3) is 2.90. The van der Waals surface area contributed by atoms with Crippen molar-refractivity contribution in [2.45, 2.75) is 50.1 Å². The molecule has 0 radical (unpaired) electrons. The molecule has 3 heteroatoms. The number of benzene rings is 2. The molecular formula is C24H26N2O. The summed E-state index contributed by atoms with van der Waals surface area (Å²) in [4.78, 5) is 7.34. The average Bonchev–Trinajstić information content (AvgIpc) is 3.26. The minimum absolute atomic E-state index is 0.314. The van der Waals surface area contributed by atoms with Gasteiger partial charge in [-0.15, -0.1) is 0 Å². The monoisotopic (exact) mass is 358 g/mol. The SMILES string of the molecule is Cc1ccc([C@H]2CC3CCC([C@H]2c2ncc(-c4ccccc4)o2)N3C)cc1. The molecule has 2 bridgehead atoms. The number of rotatable bonds is 3. The van der Waals surface area contributed by atoms with Gasteiger partial charge in [-0.25, -0.2) is 4.98 Å². The number of hydrogen-bond acceptors (Lipinski definition) is 3. The van der Waals surface area contributed by atoms with E-state index >= 15 is 0 Å². The van der Waals surface area contributed by atoms with Crippen molar-refractivity contribution in [1.82, 2.24) is 9.88 Å². The number of oxazole rings is 1. The number of hydrogen-bond donors (Lipinski definition) is 0. The van der Waals surface area contributed by atoms with Gasteiger partial charge in [0.1, 0.15) is 0 Å². The Balaban J connectivity index is 1.54. The first-order valence-electron chi connectivity index (χ1n) is 10.0. The Morgan fingerprint density at radius 2 is 1.78 bits per heavy atom. The van der Waals surface area contributed by atoms with Crippen LogP contribution in [-0.2, 0) is 0 Å². The van der Waals surface area contributed by atoms with Gasteiger partial charge in [0.2, 0.25) is 0 Å². The lowest BCUT2D eigenvalue weighted by Gasteiger charge is -2.42. The molecular weight excluding hydrogens is 332 g/mol. The molecule has 3 nitrogen and oxygen atoms in total. The molecule has 138 valence electrons. The molecule has 2 unspecified atom stereocenters. The molecule has 2 aliphatic heterocycles. The summed E-state index contributed by atoms with van der Waals surface area (Å²) in [6, 6.07) is 20.6. The van der Waals surface area contributed by atoms with Gasteiger partial charge in [-0.3, -0.25) is 4.90 Å². The summed E-state index contributed by atoms with van der Waals surface area (Å²) in [6.07, 6.45) is 5.60. The second-order valence-corrected chi connectivity index (χ2v) is 8.17. The highest BCUT2D eigenvalue weighted by Crippen LogP contribution is 2.50. The van der Waals surface area contributed by atoms with Gasteiger partial charge in [0.25, 0.3) is 0 Å². The molecule has 2 aromatic carbocycles. The summed E-state index contributed by atoms with van der Waals surface area (Å²) in [5.41, 5.74) is 3.83. The molecule has 27 heavy (non-hydrogen) atoms. The molecule has 0 spiro atoms. The van der Waals surface area contributed by atoms with Crippen LogP contribution in [-0.4, -0.2) is 29.0 Å². The van der Waals surface area contributed by atoms with Crippen LogP contribution in [0.3, 0.4) is 0 Å². The molecule has 5 rings (SSSR count). The minimum Gasteiger partial charge on any atom is -0.440 e. The van der Waals surface area contributed by atoms with Crippen molar-refractivity contribution in [2.75, 3.05) is 7.05 Å². The van der Waals surface area contributed by atoms with Crippen molar-refractivity contribution in [3.05, 3.63) is 77.8 Å². The zero-order chi connectivity index (χ0) is 18.4. The van der Waals surface area contributed by atoms with Crippen LogP contribution in [0, 0.1) is 6.92 Å². The molecule has 1 aromatic heterocycles. The Kier molecular flexibility index (Phi) is 4.13. The van der Waals surface area contributed by atoms with E-state index in [4.69, 9.17) is 9.40 Å². The van der Waals surface area contributed by atoms with Gasteiger partial charge in [0, 0.05) is 17.6 Å². The topological polar surface area (TPSA) is 29.3 Å². The molecule has 0 N–H and O–H groups in total. The van der Waals surface area contributed by atoms with Crippen molar-refractivity contribution in [2.24, 2.45) is 0 Å². The van der Waals surface area contributed by atoms with Crippen molar-refractivity contribution in [3.63, 3.8) is 0 Å². The first-order valence-corrected chi connectivity index (χ1v) is 10.0. The quantitative estimate of drug-likeness (QED) is 0.629. The van der Waals surface area contributed by atoms with Crippen LogP contribution < -0.4 is 0 Å². The van der Waals surface area contributed by atoms with Crippen molar-refractivity contribution in [3.8, 4) is 11.3 Å². The molecule has 2 saturated heterocycles. The Hall–Kier alpha value is -2.39. The van der Waals surface area contributed by atoms with Crippen LogP contribution in [0.4, 0.5) is 0 Å². The first-order chi connectivity index (χ1) is 13.2. The fourth-order valence-corrected chi connectivity index (χ4v) is 5.14. The summed E-state index contributed by atoms with van der Waals surface area (Å²) >= 11 is 0. The Morgan fingerprint density at radius 1 is 1.00 bits per heavy atom. The van der Waals surface area contributed by atoms with Gasteiger partial charge in [0.05, 0.1) is 12.1 Å². The molecule has 0 aliphatic carbocycles. The van der Waals surface area contributed by atoms with Crippen LogP contribution in [0.15, 0.2) is 65.2 Å². The highest BCUT2D eigenvalue weighted by molar-refractivity contribution is 5.56. The summed E-state index contributed by atoms with van der Waals surface area (Å²) in [6.45, 7) is 2.15. The zero-order valence-corrected chi connectivity index (χ0v) is 16.0. The van der Waals surface area contributed by atoms with Gasteiger partial charge in [-0.2, -0.15) is 0 Å². The second-order valence-electron chi connectivity index (χ2n) is 8.17. The van der Waals surface area contributed by atoms with E-state index in [1.54, 1.807) is 0 Å². The van der Waals surface area contributed by atoms with E-state index in [0.717, 1.165) is 17.2 Å². The van der Waals surface area contributed by atoms with E-state index < -0.39 is 0 Å². The van der Waals surface area contributed by atoms with Gasteiger partial charge >= 0.3 is 0 Å². The first kappa shape index (κ1) is 16.8. The number of likely N-dealkylation sites (N-methyl/N-ethyl adjacent to an activating group) is 1. The lowest BCUT2D eigenvalue weighted by Crippen LogP contribution is -2.44. The third-order valence-corrected chi connectivity index (χ3v) is 6.64. The van der Waals surface area contributed by atoms with Crippen molar-refractivity contribution in [1.29, 1.82) is 0 Å². The lowest BCUT2D eigenvalue weighted by molar-refractivity contribution is 0.124. The molecule has 0 saturated carbocycles. The fraction of sp³-hybridized carbons (Fsp3) is 0.375. The smallest absolute Gasteiger partial charge is 0.200 e. The minimum atomic E-state index is 0.314. The summed E-state index contributed by atoms with van der Waals surface area (Å²) in [5, 5.41) is 0. The largest absolute Gasteiger partial charge is 0.440 e. The lowest BCUT2D eigenvalue weighted by atomic mass is 9.76. The maximum atomic E-state index is 6.35. The Labute approximate surface area is 161 Å². The molecule has 3 heterocycles. The number of fused-ring (bicyclic) bond motifs is 2. The number of aryl methyl sites for hydroxylation is 1. The van der Waals surface area contributed by atoms with E-state index in [9.17, 15) is 0 Å². The maximum Gasteiger partial charge on any atom is 0.200 e. The van der Waals surface area contributed by atoms with Crippen LogP contribution in [0.25, 0.3) is 11.3 Å². The highest BCUT2D eigenvalue weighted by atomic mass is 16.4. The summed E-state index contributed by atoms with van der Waals surface area (Å²) in [5.74, 6) is 2.56. The Bertz CT molecular complexity index is 915. The van der Waals surface area contributed by atoms with E-state index in [-0.39, 0.29) is 0 Å². The summed E-state index contributed by atoms with van der Waals surface area (Å²) in [7, 11) is 2.28. The standard InChI is InChI=1S/C24H26N2O/c1-16-8-10-17(11-9-16)20-14-19-12-13-21(26(19)2)23(20)24-25-15-22(27-24)18-6-4-3-5-7-18/h3-11,15,19-21,23H,12-14H2,1-2H3/t19?,20-,21?,23+/m1/s1. The predicted octanol–water partition coefficient (Wildman–Crippen LogP) is 5.38. The van der Waals surface area contributed by atoms with Crippen LogP contribution in [0.5, 0.6) is 0 Å². The Morgan fingerprint density at radius 3 is 2.56 bits per heavy atom. The van der Waals surface area contributed by atoms with Gasteiger partial charge in [-0.1, -0.05) is 60.2 Å². The van der Waals surface area contributed by atoms with Crippen molar-refractivity contribution >= 4 is 0 Å². The third-order valence-electron chi connectivity index (χ3n) is 6.64. The van der Waals surface area contributed by atoms with Crippen LogP contribution >= 0.6 is 0 Å². The fourth-order valence-electron chi connectivity index (χ4n) is 5.14. The molecule has 2 aliphatic rings. The highest BCUT2D eigenvalue weighted by Gasteiger charge is 2.48. The van der Waals surface area contributed by atoms with E-state index in [0.29, 0.717) is 23.9 Å². The molecule has 4 atom stereocenters. The van der Waals surface area contributed by atoms with Gasteiger partial charge in [0.15, 0.2) is 11.7 Å². The zero-order valence-electron chi connectivity index (χ0n) is 16.0. The van der Waals surface area contributed by atoms with Crippen LogP contribution in [0.1, 0.15) is 48.1 Å². The van der Waals surface area contributed by atoms with Gasteiger partial charge < -0.3 is 4.42 Å². The van der Waals surface area contributed by atoms with E-state index in [1.807, 2.05) is 24.4 Å². The van der Waals surface area contributed by atoms with Crippen LogP contribution in [0.2, 0.25) is 0 Å². The predicted molar refractivity (Wildman–Crippen MR) is 108 cm³/mol. The normalized spacial score (nSPS) is 27.8. The number of nitrogens with zero attached hydrogens (tertiary/aromatic N) is 2. The van der Waals surface area contributed by atoms with E-state index in [1.165, 1.54) is 30.4 Å². The maximum absolute atomic E-state index is 6.35. The number of aromatic nitrogens is 1. The molecule has 0 amide bonds. The molecule has 2 fully saturated rings. The van der Waals surface area contributed by atoms with E-state index in [2.05, 4.69) is 55.3 Å². The molecule has 3 aromatic rings. The number of piperidine rings is 1. The van der Waals surface area contributed by atoms with Crippen molar-refractivity contribution < 1.29 is 4.42 Å². The second kappa shape index (κ2) is 6.65. The van der Waals surface area contributed by atoms with Gasteiger partial charge in [-0.05, 0) is 44.7 Å². The summed E-state index contributed by atoms with van der Waals surface area (Å²) < 4.78 is 6.35.